The number of carbonyl (C=O) groups excluding carboxylic acids is 1. The fourth-order valence-corrected chi connectivity index (χ4v) is 4.92. The Balaban J connectivity index is 2.07. The van der Waals surface area contributed by atoms with Crippen molar-refractivity contribution in [3.05, 3.63) is 28.2 Å². The monoisotopic (exact) mass is 374 g/mol. The molecule has 2 rings (SSSR count). The number of amides is 1. The molecule has 0 saturated carbocycles. The van der Waals surface area contributed by atoms with Gasteiger partial charge in [-0.05, 0) is 53.4 Å². The number of rotatable bonds is 3. The zero-order valence-electron chi connectivity index (χ0n) is 12.1. The number of carbonyl (C=O) groups is 1. The van der Waals surface area contributed by atoms with Crippen molar-refractivity contribution in [3.8, 4) is 0 Å². The number of likely N-dealkylation sites (tertiary alicyclic amines) is 1. The highest BCUT2D eigenvalue weighted by Gasteiger charge is 2.26. The fraction of sp³-hybridized carbons (Fsp3) is 0.500. The highest BCUT2D eigenvalue weighted by Crippen LogP contribution is 2.24. The smallest absolute Gasteiger partial charge is 0.241 e. The van der Waals surface area contributed by atoms with E-state index < -0.39 is 10.0 Å². The molecule has 1 amide bonds. The van der Waals surface area contributed by atoms with Crippen molar-refractivity contribution >= 4 is 31.9 Å². The van der Waals surface area contributed by atoms with Gasteiger partial charge in [-0.2, -0.15) is 0 Å². The number of hydrogen-bond acceptors (Lipinski definition) is 3. The van der Waals surface area contributed by atoms with E-state index in [9.17, 15) is 13.2 Å². The largest absolute Gasteiger partial charge is 0.343 e. The fourth-order valence-electron chi connectivity index (χ4n) is 2.42. The molecule has 116 valence electrons. The number of benzene rings is 1. The lowest BCUT2D eigenvalue weighted by Crippen LogP contribution is -2.45. The summed E-state index contributed by atoms with van der Waals surface area (Å²) in [7, 11) is -3.55. The Labute approximate surface area is 133 Å². The third-order valence-corrected chi connectivity index (χ3v) is 6.14. The van der Waals surface area contributed by atoms with Crippen LogP contribution in [0, 0.1) is 6.92 Å². The molecule has 0 radical (unpaired) electrons. The van der Waals surface area contributed by atoms with Crippen LogP contribution in [0.2, 0.25) is 0 Å². The second-order valence-corrected chi connectivity index (χ2v) is 7.87. The van der Waals surface area contributed by atoms with Gasteiger partial charge in [0.05, 0.1) is 4.90 Å². The van der Waals surface area contributed by atoms with Gasteiger partial charge in [-0.15, -0.1) is 0 Å². The molecule has 21 heavy (non-hydrogen) atoms. The van der Waals surface area contributed by atoms with Gasteiger partial charge in [-0.25, -0.2) is 13.1 Å². The molecule has 1 saturated heterocycles. The lowest BCUT2D eigenvalue weighted by Gasteiger charge is -2.31. The van der Waals surface area contributed by atoms with E-state index in [1.807, 2.05) is 6.92 Å². The molecule has 1 heterocycles. The van der Waals surface area contributed by atoms with Crippen molar-refractivity contribution < 1.29 is 13.2 Å². The summed E-state index contributed by atoms with van der Waals surface area (Å²) in [6.07, 6.45) is 1.28. The number of piperidine rings is 1. The Morgan fingerprint density at radius 2 is 1.95 bits per heavy atom. The molecule has 0 atom stereocenters. The van der Waals surface area contributed by atoms with Crippen molar-refractivity contribution in [1.29, 1.82) is 0 Å². The molecule has 1 aromatic rings. The van der Waals surface area contributed by atoms with E-state index >= 15 is 0 Å². The van der Waals surface area contributed by atoms with Gasteiger partial charge in [0, 0.05) is 30.5 Å². The summed E-state index contributed by atoms with van der Waals surface area (Å²) in [4.78, 5) is 13.3. The second-order valence-electron chi connectivity index (χ2n) is 5.34. The van der Waals surface area contributed by atoms with Crippen molar-refractivity contribution in [1.82, 2.24) is 9.62 Å². The number of sulfonamides is 1. The van der Waals surface area contributed by atoms with Crippen LogP contribution in [0.5, 0.6) is 0 Å². The maximum absolute atomic E-state index is 12.4. The zero-order valence-corrected chi connectivity index (χ0v) is 14.5. The third-order valence-electron chi connectivity index (χ3n) is 3.64. The minimum atomic E-state index is -3.55. The Bertz CT molecular complexity index is 638. The average molecular weight is 375 g/mol. The van der Waals surface area contributed by atoms with Crippen LogP contribution in [0.25, 0.3) is 0 Å². The SMILES string of the molecule is CC(=O)N1CCC(NS(=O)(=O)c2ccc(C)cc2Br)CC1. The first-order valence-corrected chi connectivity index (χ1v) is 9.11. The van der Waals surface area contributed by atoms with Crippen LogP contribution < -0.4 is 4.72 Å². The number of nitrogens with one attached hydrogen (secondary N) is 1. The number of hydrogen-bond donors (Lipinski definition) is 1. The second kappa shape index (κ2) is 6.46. The summed E-state index contributed by atoms with van der Waals surface area (Å²) in [5.41, 5.74) is 0.996. The van der Waals surface area contributed by atoms with Crippen LogP contribution in [-0.4, -0.2) is 38.4 Å². The van der Waals surface area contributed by atoms with E-state index in [0.29, 0.717) is 30.4 Å². The summed E-state index contributed by atoms with van der Waals surface area (Å²) in [5, 5.41) is 0. The molecule has 1 N–H and O–H groups in total. The molecule has 1 aliphatic rings. The zero-order chi connectivity index (χ0) is 15.6. The van der Waals surface area contributed by atoms with Gasteiger partial charge in [0.1, 0.15) is 0 Å². The van der Waals surface area contributed by atoms with E-state index in [0.717, 1.165) is 5.56 Å². The molecule has 1 aliphatic heterocycles. The predicted octanol–water partition coefficient (Wildman–Crippen LogP) is 2.05. The Kier molecular flexibility index (Phi) is 5.06. The molecular formula is C14H19BrN2O3S. The molecule has 0 aromatic heterocycles. The highest BCUT2D eigenvalue weighted by atomic mass is 79.9. The van der Waals surface area contributed by atoms with Crippen LogP contribution in [0.1, 0.15) is 25.3 Å². The van der Waals surface area contributed by atoms with Crippen molar-refractivity contribution in [3.63, 3.8) is 0 Å². The van der Waals surface area contributed by atoms with E-state index in [-0.39, 0.29) is 16.8 Å². The maximum Gasteiger partial charge on any atom is 0.241 e. The summed E-state index contributed by atoms with van der Waals surface area (Å²) in [6, 6.07) is 5.04. The summed E-state index contributed by atoms with van der Waals surface area (Å²) in [6.45, 7) is 4.63. The quantitative estimate of drug-likeness (QED) is 0.880. The van der Waals surface area contributed by atoms with Crippen molar-refractivity contribution in [2.75, 3.05) is 13.1 Å². The number of aryl methyl sites for hydroxylation is 1. The minimum Gasteiger partial charge on any atom is -0.343 e. The van der Waals surface area contributed by atoms with E-state index in [2.05, 4.69) is 20.7 Å². The van der Waals surface area contributed by atoms with Crippen molar-refractivity contribution in [2.24, 2.45) is 0 Å². The summed E-state index contributed by atoms with van der Waals surface area (Å²) in [5.74, 6) is 0.0394. The van der Waals surface area contributed by atoms with Gasteiger partial charge >= 0.3 is 0 Å². The van der Waals surface area contributed by atoms with Crippen LogP contribution >= 0.6 is 15.9 Å². The van der Waals surface area contributed by atoms with Gasteiger partial charge in [0.25, 0.3) is 0 Å². The summed E-state index contributed by atoms with van der Waals surface area (Å²) >= 11 is 3.30. The van der Waals surface area contributed by atoms with Crippen molar-refractivity contribution in [2.45, 2.75) is 37.6 Å². The first-order valence-electron chi connectivity index (χ1n) is 6.83. The number of nitrogens with zero attached hydrogens (tertiary/aromatic N) is 1. The Morgan fingerprint density at radius 1 is 1.33 bits per heavy atom. The first-order chi connectivity index (χ1) is 9.79. The Morgan fingerprint density at radius 3 is 2.48 bits per heavy atom. The van der Waals surface area contributed by atoms with E-state index in [1.165, 1.54) is 6.92 Å². The molecule has 1 fully saturated rings. The van der Waals surface area contributed by atoms with Crippen LogP contribution in [-0.2, 0) is 14.8 Å². The molecule has 0 spiro atoms. The highest BCUT2D eigenvalue weighted by molar-refractivity contribution is 9.10. The molecule has 0 bridgehead atoms. The van der Waals surface area contributed by atoms with Gasteiger partial charge in [-0.1, -0.05) is 6.07 Å². The molecule has 0 aliphatic carbocycles. The van der Waals surface area contributed by atoms with Crippen LogP contribution in [0.4, 0.5) is 0 Å². The molecule has 1 aromatic carbocycles. The third kappa shape index (κ3) is 4.05. The molecular weight excluding hydrogens is 356 g/mol. The number of halogens is 1. The minimum absolute atomic E-state index is 0.0394. The molecule has 0 unspecified atom stereocenters. The van der Waals surface area contributed by atoms with Gasteiger partial charge in [0.15, 0.2) is 0 Å². The average Bonchev–Trinajstić information content (AvgIpc) is 2.38. The first kappa shape index (κ1) is 16.5. The molecule has 5 nitrogen and oxygen atoms in total. The predicted molar refractivity (Wildman–Crippen MR) is 84.5 cm³/mol. The summed E-state index contributed by atoms with van der Waals surface area (Å²) < 4.78 is 28.2. The van der Waals surface area contributed by atoms with Gasteiger partial charge in [0.2, 0.25) is 15.9 Å². The Hall–Kier alpha value is -0.920. The molecule has 7 heteroatoms. The van der Waals surface area contributed by atoms with Crippen LogP contribution in [0.3, 0.4) is 0 Å². The van der Waals surface area contributed by atoms with Gasteiger partial charge < -0.3 is 4.90 Å². The van der Waals surface area contributed by atoms with Gasteiger partial charge in [-0.3, -0.25) is 4.79 Å². The normalized spacial score (nSPS) is 17.0. The maximum atomic E-state index is 12.4. The standard InChI is InChI=1S/C14H19BrN2O3S/c1-10-3-4-14(13(15)9-10)21(19,20)16-12-5-7-17(8-6-12)11(2)18/h3-4,9,12,16H,5-8H2,1-2H3. The topological polar surface area (TPSA) is 66.5 Å². The lowest BCUT2D eigenvalue weighted by molar-refractivity contribution is -0.129. The van der Waals surface area contributed by atoms with E-state index in [4.69, 9.17) is 0 Å². The van der Waals surface area contributed by atoms with Crippen LogP contribution in [0.15, 0.2) is 27.6 Å². The lowest BCUT2D eigenvalue weighted by atomic mass is 10.1. The van der Waals surface area contributed by atoms with E-state index in [1.54, 1.807) is 23.1 Å².